The van der Waals surface area contributed by atoms with Gasteiger partial charge in [0.2, 0.25) is 12.5 Å². The van der Waals surface area contributed by atoms with E-state index >= 15 is 0 Å². The molecule has 1 saturated heterocycles. The maximum Gasteiger partial charge on any atom is 0.315 e. The van der Waals surface area contributed by atoms with E-state index in [0.29, 0.717) is 30.2 Å². The number of phenols is 2. The Hall–Kier alpha value is -3.90. The Morgan fingerprint density at radius 1 is 1.02 bits per heavy atom. The molecular formula is C28H36N4O8. The van der Waals surface area contributed by atoms with Crippen LogP contribution in [0.2, 0.25) is 0 Å². The normalized spacial score (nSPS) is 22.3. The minimum atomic E-state index is -0.661. The van der Waals surface area contributed by atoms with Gasteiger partial charge < -0.3 is 50.8 Å². The number of phenolic OH excluding ortho intramolecular Hbond substituents is 2. The number of benzene rings is 2. The Balaban J connectivity index is 1.41. The van der Waals surface area contributed by atoms with Crippen molar-refractivity contribution >= 4 is 12.0 Å². The summed E-state index contributed by atoms with van der Waals surface area (Å²) in [7, 11) is 1.38. The number of fused-ring (bicyclic) bond motifs is 3. The lowest BCUT2D eigenvalue weighted by molar-refractivity contribution is -0.141. The van der Waals surface area contributed by atoms with Crippen molar-refractivity contribution in [3.05, 3.63) is 41.0 Å². The van der Waals surface area contributed by atoms with E-state index in [4.69, 9.17) is 24.7 Å². The molecule has 4 atom stereocenters. The molecule has 12 heteroatoms. The lowest BCUT2D eigenvalue weighted by Gasteiger charge is -2.39. The number of methoxy groups -OCH3 is 1. The van der Waals surface area contributed by atoms with E-state index in [2.05, 4.69) is 16.0 Å². The Morgan fingerprint density at radius 2 is 1.75 bits per heavy atom. The first kappa shape index (κ1) is 27.7. The fraction of sp³-hybridized carbons (Fsp3) is 0.500. The van der Waals surface area contributed by atoms with Crippen molar-refractivity contribution in [2.24, 2.45) is 17.6 Å². The molecule has 2 aliphatic heterocycles. The Morgan fingerprint density at radius 3 is 2.50 bits per heavy atom. The van der Waals surface area contributed by atoms with Crippen LogP contribution in [0, 0.1) is 11.8 Å². The highest BCUT2D eigenvalue weighted by Crippen LogP contribution is 2.55. The van der Waals surface area contributed by atoms with E-state index in [1.165, 1.54) is 13.2 Å². The first-order valence-electron chi connectivity index (χ1n) is 13.6. The minimum absolute atomic E-state index is 0.0608. The van der Waals surface area contributed by atoms with E-state index in [0.717, 1.165) is 43.5 Å². The van der Waals surface area contributed by atoms with E-state index in [-0.39, 0.29) is 42.6 Å². The molecule has 40 heavy (non-hydrogen) atoms. The number of rotatable bonds is 11. The third-order valence-electron chi connectivity index (χ3n) is 7.75. The summed E-state index contributed by atoms with van der Waals surface area (Å²) in [5.41, 5.74) is 7.55. The molecular weight excluding hydrogens is 520 g/mol. The van der Waals surface area contributed by atoms with Gasteiger partial charge in [-0.05, 0) is 79.9 Å². The lowest BCUT2D eigenvalue weighted by atomic mass is 9.65. The highest BCUT2D eigenvalue weighted by atomic mass is 16.7. The molecule has 0 bridgehead atoms. The van der Waals surface area contributed by atoms with E-state index in [1.807, 2.05) is 12.1 Å². The highest BCUT2D eigenvalue weighted by Gasteiger charge is 2.53. The van der Waals surface area contributed by atoms with Gasteiger partial charge in [-0.3, -0.25) is 4.79 Å². The second kappa shape index (κ2) is 12.1. The van der Waals surface area contributed by atoms with Crippen LogP contribution in [-0.4, -0.2) is 68.9 Å². The number of nitrogens with two attached hydrogens (primary N) is 1. The molecule has 5 rings (SSSR count). The third-order valence-corrected chi connectivity index (χ3v) is 7.75. The molecule has 1 fully saturated rings. The van der Waals surface area contributed by atoms with Crippen LogP contribution >= 0.6 is 0 Å². The van der Waals surface area contributed by atoms with Crippen molar-refractivity contribution in [3.8, 4) is 28.7 Å². The summed E-state index contributed by atoms with van der Waals surface area (Å²) in [6.45, 7) is 3.08. The Kier molecular flexibility index (Phi) is 8.36. The summed E-state index contributed by atoms with van der Waals surface area (Å²) in [5, 5.41) is 30.0. The van der Waals surface area contributed by atoms with Gasteiger partial charge in [0.25, 0.3) is 0 Å². The zero-order chi connectivity index (χ0) is 28.2. The van der Waals surface area contributed by atoms with Gasteiger partial charge in [-0.25, -0.2) is 4.79 Å². The van der Waals surface area contributed by atoms with Crippen LogP contribution in [0.4, 0.5) is 4.79 Å². The smallest absolute Gasteiger partial charge is 0.315 e. The number of hydrogen-bond donors (Lipinski definition) is 6. The molecule has 1 unspecified atom stereocenters. The van der Waals surface area contributed by atoms with E-state index < -0.39 is 23.8 Å². The van der Waals surface area contributed by atoms with Crippen molar-refractivity contribution in [2.75, 3.05) is 46.7 Å². The van der Waals surface area contributed by atoms with Crippen molar-refractivity contribution in [3.63, 3.8) is 0 Å². The maximum absolute atomic E-state index is 13.1. The van der Waals surface area contributed by atoms with Crippen molar-refractivity contribution in [1.29, 1.82) is 0 Å². The maximum atomic E-state index is 13.1. The fourth-order valence-corrected chi connectivity index (χ4v) is 5.82. The van der Waals surface area contributed by atoms with Crippen LogP contribution in [0.5, 0.6) is 28.7 Å². The average molecular weight is 557 g/mol. The number of unbranched alkanes of at least 4 members (excludes halogenated alkanes) is 1. The zero-order valence-corrected chi connectivity index (χ0v) is 22.4. The summed E-state index contributed by atoms with van der Waals surface area (Å²) in [4.78, 5) is 26.2. The second-order valence-corrected chi connectivity index (χ2v) is 10.2. The van der Waals surface area contributed by atoms with Gasteiger partial charge in [0, 0.05) is 18.4 Å². The van der Waals surface area contributed by atoms with Gasteiger partial charge >= 0.3 is 12.0 Å². The predicted octanol–water partition coefficient (Wildman–Crippen LogP) is 1.83. The molecule has 2 aromatic carbocycles. The van der Waals surface area contributed by atoms with Crippen LogP contribution in [0.1, 0.15) is 47.9 Å². The fourth-order valence-electron chi connectivity index (χ4n) is 5.82. The molecule has 2 heterocycles. The number of esters is 1. The first-order chi connectivity index (χ1) is 19.4. The number of carbonyl (C=O) groups is 2. The summed E-state index contributed by atoms with van der Waals surface area (Å²) in [6, 6.07) is 5.78. The molecule has 1 aliphatic carbocycles. The standard InChI is InChI=1S/C28H36N4O8/c1-37-22-10-15(9-19(33)26(22)34)23-16-11-20-21(40-14-39-20)12-17(16)25(18-13-38-27(35)24(18)23)32-28(36)31-8-3-2-6-30-7-4-5-29/h9-12,18,23-25,30,33-34H,2-8,13-14,29H2,1H3,(H2,31,32,36)/t18-,23?,24-,25+/m0/s1. The summed E-state index contributed by atoms with van der Waals surface area (Å²) < 4.78 is 22.1. The summed E-state index contributed by atoms with van der Waals surface area (Å²) >= 11 is 0. The number of nitrogens with one attached hydrogen (secondary N) is 3. The topological polar surface area (TPSA) is 174 Å². The van der Waals surface area contributed by atoms with Crippen LogP contribution < -0.4 is 35.9 Å². The van der Waals surface area contributed by atoms with Gasteiger partial charge in [-0.2, -0.15) is 0 Å². The number of cyclic esters (lactones) is 1. The van der Waals surface area contributed by atoms with Crippen molar-refractivity contribution < 1.29 is 38.7 Å². The van der Waals surface area contributed by atoms with E-state index in [1.54, 1.807) is 6.07 Å². The number of hydrogen-bond acceptors (Lipinski definition) is 10. The van der Waals surface area contributed by atoms with Crippen LogP contribution in [0.15, 0.2) is 24.3 Å². The molecule has 2 aromatic rings. The summed E-state index contributed by atoms with van der Waals surface area (Å²) in [6.07, 6.45) is 2.66. The number of amides is 2. The average Bonchev–Trinajstić information content (AvgIpc) is 3.57. The SMILES string of the molecule is COc1cc(C2c3cc4c(cc3[C@@H](NC(=O)NCCCCNCCCN)[C@H]3COC(=O)[C@H]23)OCO4)cc(O)c1O. The highest BCUT2D eigenvalue weighted by molar-refractivity contribution is 5.80. The van der Waals surface area contributed by atoms with Gasteiger partial charge in [0.15, 0.2) is 23.0 Å². The van der Waals surface area contributed by atoms with Gasteiger partial charge in [0.05, 0.1) is 25.7 Å². The van der Waals surface area contributed by atoms with Gasteiger partial charge in [-0.1, -0.05) is 0 Å². The number of ether oxygens (including phenoxy) is 4. The van der Waals surface area contributed by atoms with E-state index in [9.17, 15) is 19.8 Å². The quantitative estimate of drug-likeness (QED) is 0.136. The molecule has 0 saturated carbocycles. The van der Waals surface area contributed by atoms with Gasteiger partial charge in [0.1, 0.15) is 0 Å². The second-order valence-electron chi connectivity index (χ2n) is 10.2. The molecule has 216 valence electrons. The largest absolute Gasteiger partial charge is 0.504 e. The molecule has 0 radical (unpaired) electrons. The number of carbonyl (C=O) groups excluding carboxylic acids is 2. The monoisotopic (exact) mass is 556 g/mol. The summed E-state index contributed by atoms with van der Waals surface area (Å²) in [5.74, 6) is -1.62. The number of urea groups is 1. The molecule has 0 spiro atoms. The van der Waals surface area contributed by atoms with Crippen LogP contribution in [0.25, 0.3) is 0 Å². The molecule has 12 nitrogen and oxygen atoms in total. The Bertz CT molecular complexity index is 1260. The molecule has 3 aliphatic rings. The first-order valence-corrected chi connectivity index (χ1v) is 13.6. The molecule has 0 aromatic heterocycles. The van der Waals surface area contributed by atoms with Crippen LogP contribution in [0.3, 0.4) is 0 Å². The Labute approximate surface area is 232 Å². The minimum Gasteiger partial charge on any atom is -0.504 e. The number of aromatic hydroxyl groups is 2. The van der Waals surface area contributed by atoms with Crippen molar-refractivity contribution in [2.45, 2.75) is 31.2 Å². The van der Waals surface area contributed by atoms with Crippen LogP contribution in [-0.2, 0) is 9.53 Å². The molecule has 2 amide bonds. The zero-order valence-electron chi connectivity index (χ0n) is 22.4. The van der Waals surface area contributed by atoms with Gasteiger partial charge in [-0.15, -0.1) is 0 Å². The molecule has 7 N–H and O–H groups in total. The third kappa shape index (κ3) is 5.41. The lowest BCUT2D eigenvalue weighted by Crippen LogP contribution is -2.46. The van der Waals surface area contributed by atoms with Crippen molar-refractivity contribution in [1.82, 2.24) is 16.0 Å². The predicted molar refractivity (Wildman–Crippen MR) is 144 cm³/mol.